The molecule has 0 saturated heterocycles. The van der Waals surface area contributed by atoms with Gasteiger partial charge in [0, 0.05) is 24.5 Å². The third kappa shape index (κ3) is 2.27. The molecule has 0 spiro atoms. The maximum absolute atomic E-state index is 13.0. The van der Waals surface area contributed by atoms with Gasteiger partial charge in [-0.05, 0) is 22.8 Å². The minimum atomic E-state index is -3.36. The van der Waals surface area contributed by atoms with Crippen LogP contribution in [-0.2, 0) is 11.2 Å². The Kier molecular flexibility index (Phi) is 2.97. The van der Waals surface area contributed by atoms with Gasteiger partial charge in [0.2, 0.25) is 5.78 Å². The SMILES string of the molecule is CC(F)(F)C(=O)Cc1ccc2c(c1)C(=O)c1ccccc1-2. The normalized spacial score (nSPS) is 13.0. The van der Waals surface area contributed by atoms with Gasteiger partial charge in [0.15, 0.2) is 5.78 Å². The third-order valence-corrected chi connectivity index (χ3v) is 3.64. The number of benzene rings is 2. The van der Waals surface area contributed by atoms with Crippen molar-refractivity contribution < 1.29 is 18.4 Å². The lowest BCUT2D eigenvalue weighted by molar-refractivity contribution is -0.139. The van der Waals surface area contributed by atoms with Gasteiger partial charge in [-0.2, -0.15) is 8.78 Å². The lowest BCUT2D eigenvalue weighted by Gasteiger charge is -2.09. The molecule has 0 bridgehead atoms. The maximum atomic E-state index is 13.0. The highest BCUT2D eigenvalue weighted by Crippen LogP contribution is 2.36. The number of ketones is 2. The van der Waals surface area contributed by atoms with Gasteiger partial charge in [-0.25, -0.2) is 0 Å². The largest absolute Gasteiger partial charge is 0.302 e. The molecule has 0 aromatic heterocycles. The number of hydrogen-bond donors (Lipinski definition) is 0. The molecule has 0 aliphatic heterocycles. The summed E-state index contributed by atoms with van der Waals surface area (Å²) in [4.78, 5) is 23.7. The lowest BCUT2D eigenvalue weighted by Crippen LogP contribution is -2.26. The molecule has 2 aromatic carbocycles. The monoisotopic (exact) mass is 286 g/mol. The highest BCUT2D eigenvalue weighted by Gasteiger charge is 2.32. The predicted octanol–water partition coefficient (Wildman–Crippen LogP) is 3.66. The van der Waals surface area contributed by atoms with E-state index in [1.54, 1.807) is 30.3 Å². The maximum Gasteiger partial charge on any atom is 0.302 e. The average Bonchev–Trinajstić information content (AvgIpc) is 2.72. The summed E-state index contributed by atoms with van der Waals surface area (Å²) in [7, 11) is 0. The second kappa shape index (κ2) is 4.58. The van der Waals surface area contributed by atoms with Gasteiger partial charge in [0.05, 0.1) is 0 Å². The van der Waals surface area contributed by atoms with Crippen LogP contribution in [-0.4, -0.2) is 17.5 Å². The highest BCUT2D eigenvalue weighted by atomic mass is 19.3. The van der Waals surface area contributed by atoms with Gasteiger partial charge in [-0.3, -0.25) is 9.59 Å². The molecule has 0 atom stereocenters. The summed E-state index contributed by atoms with van der Waals surface area (Å²) in [5.74, 6) is -4.63. The second-order valence-electron chi connectivity index (χ2n) is 5.24. The fourth-order valence-electron chi connectivity index (χ4n) is 2.53. The Labute approximate surface area is 120 Å². The van der Waals surface area contributed by atoms with E-state index in [1.165, 1.54) is 0 Å². The van der Waals surface area contributed by atoms with Crippen LogP contribution in [0.4, 0.5) is 8.78 Å². The van der Waals surface area contributed by atoms with Crippen LogP contribution < -0.4 is 0 Å². The minimum absolute atomic E-state index is 0.127. The van der Waals surface area contributed by atoms with Crippen molar-refractivity contribution >= 4 is 11.6 Å². The van der Waals surface area contributed by atoms with Crippen LogP contribution in [0, 0.1) is 0 Å². The van der Waals surface area contributed by atoms with Gasteiger partial charge in [-0.15, -0.1) is 0 Å². The van der Waals surface area contributed by atoms with E-state index >= 15 is 0 Å². The zero-order chi connectivity index (χ0) is 15.2. The van der Waals surface area contributed by atoms with E-state index in [0.717, 1.165) is 11.1 Å². The molecule has 3 rings (SSSR count). The molecular formula is C17H12F2O2. The molecule has 0 N–H and O–H groups in total. The molecule has 2 aromatic rings. The van der Waals surface area contributed by atoms with E-state index in [9.17, 15) is 18.4 Å². The lowest BCUT2D eigenvalue weighted by atomic mass is 9.99. The van der Waals surface area contributed by atoms with Crippen LogP contribution in [0.1, 0.15) is 28.4 Å². The Morgan fingerprint density at radius 3 is 2.29 bits per heavy atom. The third-order valence-electron chi connectivity index (χ3n) is 3.64. The molecular weight excluding hydrogens is 274 g/mol. The molecule has 0 saturated carbocycles. The predicted molar refractivity (Wildman–Crippen MR) is 74.6 cm³/mol. The fourth-order valence-corrected chi connectivity index (χ4v) is 2.53. The molecule has 0 amide bonds. The van der Waals surface area contributed by atoms with E-state index in [4.69, 9.17) is 0 Å². The van der Waals surface area contributed by atoms with Crippen LogP contribution in [0.3, 0.4) is 0 Å². The van der Waals surface area contributed by atoms with Gasteiger partial charge in [0.25, 0.3) is 0 Å². The molecule has 0 heterocycles. The Morgan fingerprint density at radius 2 is 1.62 bits per heavy atom. The second-order valence-corrected chi connectivity index (χ2v) is 5.24. The van der Waals surface area contributed by atoms with Crippen LogP contribution in [0.2, 0.25) is 0 Å². The van der Waals surface area contributed by atoms with Crippen molar-refractivity contribution in [3.63, 3.8) is 0 Å². The quantitative estimate of drug-likeness (QED) is 0.736. The number of rotatable bonds is 3. The summed E-state index contributed by atoms with van der Waals surface area (Å²) < 4.78 is 25.9. The van der Waals surface area contributed by atoms with Crippen molar-refractivity contribution in [2.24, 2.45) is 0 Å². The summed E-state index contributed by atoms with van der Waals surface area (Å²) in [6, 6.07) is 12.1. The van der Waals surface area contributed by atoms with Gasteiger partial charge >= 0.3 is 5.92 Å². The molecule has 0 unspecified atom stereocenters. The van der Waals surface area contributed by atoms with E-state index in [2.05, 4.69) is 0 Å². The van der Waals surface area contributed by atoms with Crippen molar-refractivity contribution in [2.75, 3.05) is 0 Å². The molecule has 21 heavy (non-hydrogen) atoms. The van der Waals surface area contributed by atoms with Crippen molar-refractivity contribution in [1.29, 1.82) is 0 Å². The number of carbonyl (C=O) groups excluding carboxylic acids is 2. The summed E-state index contributed by atoms with van der Waals surface area (Å²) in [6.07, 6.45) is -0.375. The molecule has 106 valence electrons. The van der Waals surface area contributed by atoms with Gasteiger partial charge in [0.1, 0.15) is 0 Å². The standard InChI is InChI=1S/C17H12F2O2/c1-17(18,19)15(20)9-10-6-7-12-11-4-2-3-5-13(11)16(21)14(12)8-10/h2-8H,9H2,1H3. The van der Waals surface area contributed by atoms with Crippen molar-refractivity contribution in [3.05, 3.63) is 59.2 Å². The first-order valence-electron chi connectivity index (χ1n) is 6.56. The Morgan fingerprint density at radius 1 is 1.00 bits per heavy atom. The van der Waals surface area contributed by atoms with E-state index in [1.807, 2.05) is 12.1 Å². The summed E-state index contributed by atoms with van der Waals surface area (Å²) >= 11 is 0. The van der Waals surface area contributed by atoms with E-state index in [0.29, 0.717) is 23.6 Å². The molecule has 0 fully saturated rings. The first-order valence-corrected chi connectivity index (χ1v) is 6.56. The Balaban J connectivity index is 1.98. The minimum Gasteiger partial charge on any atom is -0.293 e. The van der Waals surface area contributed by atoms with Crippen molar-refractivity contribution in [1.82, 2.24) is 0 Å². The number of Topliss-reactive ketones (excluding diaryl/α,β-unsaturated/α-hetero) is 1. The van der Waals surface area contributed by atoms with Crippen LogP contribution in [0.25, 0.3) is 11.1 Å². The van der Waals surface area contributed by atoms with Crippen LogP contribution in [0.15, 0.2) is 42.5 Å². The van der Waals surface area contributed by atoms with Crippen molar-refractivity contribution in [3.8, 4) is 11.1 Å². The summed E-state index contributed by atoms with van der Waals surface area (Å²) in [6.45, 7) is 0.587. The fraction of sp³-hybridized carbons (Fsp3) is 0.176. The Bertz CT molecular complexity index is 758. The smallest absolute Gasteiger partial charge is 0.293 e. The summed E-state index contributed by atoms with van der Waals surface area (Å²) in [5.41, 5.74) is 3.14. The first kappa shape index (κ1) is 13.6. The van der Waals surface area contributed by atoms with Crippen LogP contribution >= 0.6 is 0 Å². The number of carbonyl (C=O) groups is 2. The molecule has 2 nitrogen and oxygen atoms in total. The topological polar surface area (TPSA) is 34.1 Å². The molecule has 1 aliphatic rings. The van der Waals surface area contributed by atoms with Crippen molar-refractivity contribution in [2.45, 2.75) is 19.3 Å². The zero-order valence-electron chi connectivity index (χ0n) is 11.3. The zero-order valence-corrected chi connectivity index (χ0v) is 11.3. The molecule has 1 aliphatic carbocycles. The van der Waals surface area contributed by atoms with E-state index in [-0.39, 0.29) is 12.2 Å². The highest BCUT2D eigenvalue weighted by molar-refractivity contribution is 6.21. The van der Waals surface area contributed by atoms with Crippen LogP contribution in [0.5, 0.6) is 0 Å². The number of hydrogen-bond acceptors (Lipinski definition) is 2. The number of alkyl halides is 2. The van der Waals surface area contributed by atoms with E-state index < -0.39 is 11.7 Å². The average molecular weight is 286 g/mol. The van der Waals surface area contributed by atoms with Gasteiger partial charge in [-0.1, -0.05) is 36.4 Å². The number of fused-ring (bicyclic) bond motifs is 3. The first-order chi connectivity index (χ1) is 9.88. The molecule has 0 radical (unpaired) electrons. The Hall–Kier alpha value is -2.36. The molecule has 4 heteroatoms. The summed E-state index contributed by atoms with van der Waals surface area (Å²) in [5, 5.41) is 0. The number of halogens is 2. The van der Waals surface area contributed by atoms with Gasteiger partial charge < -0.3 is 0 Å².